The van der Waals surface area contributed by atoms with E-state index in [2.05, 4.69) is 10.6 Å². The van der Waals surface area contributed by atoms with E-state index in [1.807, 2.05) is 0 Å². The molecule has 2 aromatic carbocycles. The van der Waals surface area contributed by atoms with Gasteiger partial charge in [0.1, 0.15) is 0 Å². The lowest BCUT2D eigenvalue weighted by molar-refractivity contribution is -0.116. The molecule has 0 unspecified atom stereocenters. The highest BCUT2D eigenvalue weighted by molar-refractivity contribution is 6.31. The largest absolute Gasteiger partial charge is 0.419 e. The molecule has 0 saturated carbocycles. The third kappa shape index (κ3) is 4.12. The lowest BCUT2D eigenvalue weighted by atomic mass is 10.2. The van der Waals surface area contributed by atoms with Crippen LogP contribution < -0.4 is 16.4 Å². The number of fused-ring (bicyclic) bond motifs is 1. The minimum Gasteiger partial charge on any atom is -0.408 e. The third-order valence-electron chi connectivity index (χ3n) is 3.66. The number of aromatic nitrogens is 1. The van der Waals surface area contributed by atoms with Crippen molar-refractivity contribution < 1.29 is 14.0 Å². The van der Waals surface area contributed by atoms with Crippen LogP contribution in [0.15, 0.2) is 51.7 Å². The van der Waals surface area contributed by atoms with Gasteiger partial charge in [-0.15, -0.1) is 0 Å². The molecule has 2 N–H and O–H groups in total. The van der Waals surface area contributed by atoms with Crippen LogP contribution in [0.5, 0.6) is 0 Å². The van der Waals surface area contributed by atoms with E-state index in [9.17, 15) is 14.4 Å². The van der Waals surface area contributed by atoms with E-state index in [1.165, 1.54) is 11.5 Å². The van der Waals surface area contributed by atoms with Crippen molar-refractivity contribution in [2.45, 2.75) is 19.9 Å². The molecule has 3 rings (SSSR count). The Bertz CT molecular complexity index is 1040. The molecule has 0 spiro atoms. The molecular weight excluding hydrogens is 358 g/mol. The molecule has 1 heterocycles. The minimum atomic E-state index is -0.539. The number of oxazole rings is 1. The van der Waals surface area contributed by atoms with Crippen LogP contribution in [-0.2, 0) is 16.1 Å². The quantitative estimate of drug-likeness (QED) is 0.718. The van der Waals surface area contributed by atoms with Gasteiger partial charge in [0.05, 0.1) is 5.52 Å². The summed E-state index contributed by atoms with van der Waals surface area (Å²) < 4.78 is 6.52. The van der Waals surface area contributed by atoms with Crippen molar-refractivity contribution in [3.63, 3.8) is 0 Å². The average molecular weight is 374 g/mol. The first-order chi connectivity index (χ1) is 12.4. The summed E-state index contributed by atoms with van der Waals surface area (Å²) in [6, 6.07) is 11.7. The maximum absolute atomic E-state index is 12.2. The molecule has 2 amide bonds. The van der Waals surface area contributed by atoms with Crippen LogP contribution in [0.2, 0.25) is 5.02 Å². The standard InChI is InChI=1S/C18H16ClN3O4/c1-11(23)20-13-3-2-4-14(10-13)21-17(24)7-8-22-15-6-5-12(19)9-16(15)26-18(22)25/h2-6,9-10H,7-8H2,1H3,(H,20,23)(H,21,24). The molecule has 8 heteroatoms. The van der Waals surface area contributed by atoms with E-state index in [-0.39, 0.29) is 24.8 Å². The monoisotopic (exact) mass is 373 g/mol. The highest BCUT2D eigenvalue weighted by Gasteiger charge is 2.11. The first-order valence-corrected chi connectivity index (χ1v) is 8.26. The Kier molecular flexibility index (Phi) is 5.09. The van der Waals surface area contributed by atoms with Gasteiger partial charge in [-0.1, -0.05) is 17.7 Å². The highest BCUT2D eigenvalue weighted by atomic mass is 35.5. The van der Waals surface area contributed by atoms with Crippen LogP contribution in [0.1, 0.15) is 13.3 Å². The SMILES string of the molecule is CC(=O)Nc1cccc(NC(=O)CCn2c(=O)oc3cc(Cl)ccc32)c1. The number of anilines is 2. The van der Waals surface area contributed by atoms with Gasteiger partial charge in [-0.25, -0.2) is 4.79 Å². The Morgan fingerprint density at radius 3 is 2.58 bits per heavy atom. The predicted octanol–water partition coefficient (Wildman–Crippen LogP) is 3.24. The minimum absolute atomic E-state index is 0.0849. The Labute approximate surface area is 153 Å². The van der Waals surface area contributed by atoms with Crippen LogP contribution >= 0.6 is 11.6 Å². The van der Waals surface area contributed by atoms with Crippen LogP contribution in [0.3, 0.4) is 0 Å². The van der Waals surface area contributed by atoms with Crippen molar-refractivity contribution in [1.82, 2.24) is 4.57 Å². The lowest BCUT2D eigenvalue weighted by Crippen LogP contribution is -2.19. The summed E-state index contributed by atoms with van der Waals surface area (Å²) in [7, 11) is 0. The topological polar surface area (TPSA) is 93.3 Å². The highest BCUT2D eigenvalue weighted by Crippen LogP contribution is 2.19. The van der Waals surface area contributed by atoms with Gasteiger partial charge in [-0.05, 0) is 30.3 Å². The average Bonchev–Trinajstić information content (AvgIpc) is 2.87. The summed E-state index contributed by atoms with van der Waals surface area (Å²) in [4.78, 5) is 35.2. The summed E-state index contributed by atoms with van der Waals surface area (Å²) in [5, 5.41) is 5.85. The molecule has 0 atom stereocenters. The molecule has 0 saturated heterocycles. The van der Waals surface area contributed by atoms with Crippen LogP contribution in [0, 0.1) is 0 Å². The number of nitrogens with one attached hydrogen (secondary N) is 2. The lowest BCUT2D eigenvalue weighted by Gasteiger charge is -2.08. The summed E-state index contributed by atoms with van der Waals surface area (Å²) >= 11 is 5.88. The van der Waals surface area contributed by atoms with Crippen molar-refractivity contribution >= 4 is 45.9 Å². The second-order valence-corrected chi connectivity index (χ2v) is 6.13. The molecule has 0 aliphatic rings. The molecule has 0 aliphatic heterocycles. The van der Waals surface area contributed by atoms with Crippen molar-refractivity contribution in [2.75, 3.05) is 10.6 Å². The Balaban J connectivity index is 1.67. The Morgan fingerprint density at radius 2 is 1.85 bits per heavy atom. The van der Waals surface area contributed by atoms with Crippen molar-refractivity contribution in [2.24, 2.45) is 0 Å². The van der Waals surface area contributed by atoms with Crippen LogP contribution in [0.25, 0.3) is 11.1 Å². The Morgan fingerprint density at radius 1 is 1.12 bits per heavy atom. The smallest absolute Gasteiger partial charge is 0.408 e. The molecule has 3 aromatic rings. The fraction of sp³-hybridized carbons (Fsp3) is 0.167. The zero-order valence-electron chi connectivity index (χ0n) is 13.9. The van der Waals surface area contributed by atoms with Gasteiger partial charge in [0.25, 0.3) is 0 Å². The predicted molar refractivity (Wildman–Crippen MR) is 99.5 cm³/mol. The molecule has 0 aliphatic carbocycles. The van der Waals surface area contributed by atoms with E-state index in [4.69, 9.17) is 16.0 Å². The molecule has 0 radical (unpaired) electrons. The molecule has 7 nitrogen and oxygen atoms in total. The first-order valence-electron chi connectivity index (χ1n) is 7.89. The third-order valence-corrected chi connectivity index (χ3v) is 3.89. The summed E-state index contributed by atoms with van der Waals surface area (Å²) in [6.45, 7) is 1.58. The van der Waals surface area contributed by atoms with Crippen molar-refractivity contribution in [1.29, 1.82) is 0 Å². The van der Waals surface area contributed by atoms with Crippen molar-refractivity contribution in [3.05, 3.63) is 58.0 Å². The number of amides is 2. The van der Waals surface area contributed by atoms with E-state index in [1.54, 1.807) is 42.5 Å². The number of hydrogen-bond donors (Lipinski definition) is 2. The molecular formula is C18H16ClN3O4. The number of aryl methyl sites for hydroxylation is 1. The van der Waals surface area contributed by atoms with Gasteiger partial charge >= 0.3 is 5.76 Å². The second-order valence-electron chi connectivity index (χ2n) is 5.69. The first kappa shape index (κ1) is 17.8. The van der Waals surface area contributed by atoms with Gasteiger partial charge in [0.15, 0.2) is 5.58 Å². The molecule has 134 valence electrons. The number of carbonyl (C=O) groups excluding carboxylic acids is 2. The summed E-state index contributed by atoms with van der Waals surface area (Å²) in [5.74, 6) is -0.997. The fourth-order valence-corrected chi connectivity index (χ4v) is 2.73. The molecule has 1 aromatic heterocycles. The van der Waals surface area contributed by atoms with Gasteiger partial charge in [0, 0.05) is 42.4 Å². The van der Waals surface area contributed by atoms with Gasteiger partial charge in [-0.3, -0.25) is 14.2 Å². The number of hydrogen-bond acceptors (Lipinski definition) is 4. The van der Waals surface area contributed by atoms with Crippen molar-refractivity contribution in [3.8, 4) is 0 Å². The zero-order chi connectivity index (χ0) is 18.7. The van der Waals surface area contributed by atoms with Crippen LogP contribution in [-0.4, -0.2) is 16.4 Å². The molecule has 0 fully saturated rings. The normalized spacial score (nSPS) is 10.7. The van der Waals surface area contributed by atoms with Gasteiger partial charge in [-0.2, -0.15) is 0 Å². The van der Waals surface area contributed by atoms with E-state index in [0.29, 0.717) is 27.5 Å². The number of benzene rings is 2. The Hall–Kier alpha value is -3.06. The molecule has 26 heavy (non-hydrogen) atoms. The van der Waals surface area contributed by atoms with Gasteiger partial charge < -0.3 is 15.1 Å². The second kappa shape index (κ2) is 7.45. The zero-order valence-corrected chi connectivity index (χ0v) is 14.7. The van der Waals surface area contributed by atoms with Crippen LogP contribution in [0.4, 0.5) is 11.4 Å². The molecule has 0 bridgehead atoms. The van der Waals surface area contributed by atoms with Gasteiger partial charge in [0.2, 0.25) is 11.8 Å². The summed E-state index contributed by atoms with van der Waals surface area (Å²) in [5.41, 5.74) is 2.10. The number of nitrogens with zero attached hydrogens (tertiary/aromatic N) is 1. The maximum Gasteiger partial charge on any atom is 0.419 e. The number of rotatable bonds is 5. The maximum atomic E-state index is 12.2. The van der Waals surface area contributed by atoms with E-state index >= 15 is 0 Å². The number of halogens is 1. The fourth-order valence-electron chi connectivity index (χ4n) is 2.57. The van der Waals surface area contributed by atoms with E-state index < -0.39 is 5.76 Å². The van der Waals surface area contributed by atoms with E-state index in [0.717, 1.165) is 0 Å². The summed E-state index contributed by atoms with van der Waals surface area (Å²) in [6.07, 6.45) is 0.0849. The number of carbonyl (C=O) groups is 2.